The number of halogens is 3. The summed E-state index contributed by atoms with van der Waals surface area (Å²) in [6.45, 7) is -0.197. The third-order valence-electron chi connectivity index (χ3n) is 5.47. The number of carbonyl (C=O) groups is 4. The smallest absolute Gasteiger partial charge is 0.361 e. The van der Waals surface area contributed by atoms with Gasteiger partial charge in [-0.1, -0.05) is 18.2 Å². The number of primary amides is 1. The predicted molar refractivity (Wildman–Crippen MR) is 106 cm³/mol. The number of amides is 4. The standard InChI is InChI=1S/C21H17F3N4O4/c22-21(23,24)13-3-1-2-11(8-13)12-4-5-15-14(9-12)19(31)28-7-6-27(20(32)17(25)29)10-16(28)18(30)26-15/h1-5,8-9,16H,6-7,10H2,(H2,25,29)(H,26,30). The molecule has 4 amide bonds. The van der Waals surface area contributed by atoms with Gasteiger partial charge in [0.25, 0.3) is 5.91 Å². The van der Waals surface area contributed by atoms with Crippen LogP contribution in [0, 0.1) is 0 Å². The van der Waals surface area contributed by atoms with Crippen molar-refractivity contribution in [2.75, 3.05) is 25.0 Å². The second kappa shape index (κ2) is 7.66. The number of hydrogen-bond donors (Lipinski definition) is 2. The van der Waals surface area contributed by atoms with Gasteiger partial charge in [0.05, 0.1) is 23.4 Å². The number of nitrogens with zero attached hydrogens (tertiary/aromatic N) is 2. The first-order valence-corrected chi connectivity index (χ1v) is 9.58. The van der Waals surface area contributed by atoms with Gasteiger partial charge in [0.15, 0.2) is 0 Å². The van der Waals surface area contributed by atoms with Crippen molar-refractivity contribution in [3.8, 4) is 11.1 Å². The van der Waals surface area contributed by atoms with E-state index in [2.05, 4.69) is 5.32 Å². The first-order chi connectivity index (χ1) is 15.1. The number of alkyl halides is 3. The molecule has 2 aromatic carbocycles. The number of nitrogens with two attached hydrogens (primary N) is 1. The van der Waals surface area contributed by atoms with Crippen molar-refractivity contribution in [1.29, 1.82) is 0 Å². The number of fused-ring (bicyclic) bond motifs is 2. The first kappa shape index (κ1) is 21.3. The lowest BCUT2D eigenvalue weighted by atomic mass is 9.99. The number of piperazine rings is 1. The Morgan fingerprint density at radius 1 is 1.03 bits per heavy atom. The SMILES string of the molecule is NC(=O)C(=O)N1CCN2C(=O)c3cc(-c4cccc(C(F)(F)F)c4)ccc3NC(=O)C2C1. The summed E-state index contributed by atoms with van der Waals surface area (Å²) in [5, 5.41) is 2.62. The Hall–Kier alpha value is -3.89. The van der Waals surface area contributed by atoms with Crippen LogP contribution in [-0.4, -0.2) is 59.1 Å². The van der Waals surface area contributed by atoms with Crippen LogP contribution in [-0.2, 0) is 20.6 Å². The molecule has 166 valence electrons. The quantitative estimate of drug-likeness (QED) is 0.646. The lowest BCUT2D eigenvalue weighted by molar-refractivity contribution is -0.146. The maximum absolute atomic E-state index is 13.2. The second-order valence-electron chi connectivity index (χ2n) is 7.46. The summed E-state index contributed by atoms with van der Waals surface area (Å²) < 4.78 is 39.2. The molecule has 1 unspecified atom stereocenters. The molecule has 0 aromatic heterocycles. The number of nitrogens with one attached hydrogen (secondary N) is 1. The number of anilines is 1. The molecule has 2 aromatic rings. The van der Waals surface area contributed by atoms with E-state index in [0.29, 0.717) is 5.56 Å². The van der Waals surface area contributed by atoms with Gasteiger partial charge >= 0.3 is 18.0 Å². The Morgan fingerprint density at radius 2 is 1.75 bits per heavy atom. The molecule has 0 saturated carbocycles. The lowest BCUT2D eigenvalue weighted by Gasteiger charge is -2.38. The molecule has 0 bridgehead atoms. The Labute approximate surface area is 179 Å². The average Bonchev–Trinajstić information content (AvgIpc) is 2.86. The van der Waals surface area contributed by atoms with Gasteiger partial charge in [-0.25, -0.2) is 0 Å². The summed E-state index contributed by atoms with van der Waals surface area (Å²) in [5.74, 6) is -3.17. The van der Waals surface area contributed by atoms with Crippen LogP contribution in [0.1, 0.15) is 15.9 Å². The number of benzene rings is 2. The molecule has 1 atom stereocenters. The van der Waals surface area contributed by atoms with Crippen LogP contribution in [0.2, 0.25) is 0 Å². The highest BCUT2D eigenvalue weighted by atomic mass is 19.4. The highest BCUT2D eigenvalue weighted by Crippen LogP contribution is 2.34. The monoisotopic (exact) mass is 446 g/mol. The predicted octanol–water partition coefficient (Wildman–Crippen LogP) is 1.46. The summed E-state index contributed by atoms with van der Waals surface area (Å²) in [4.78, 5) is 51.4. The van der Waals surface area contributed by atoms with Crippen molar-refractivity contribution in [3.05, 3.63) is 53.6 Å². The van der Waals surface area contributed by atoms with E-state index in [1.165, 1.54) is 35.2 Å². The Kier molecular flexibility index (Phi) is 5.11. The third kappa shape index (κ3) is 3.77. The van der Waals surface area contributed by atoms with E-state index >= 15 is 0 Å². The highest BCUT2D eigenvalue weighted by Gasteiger charge is 2.41. The van der Waals surface area contributed by atoms with Crippen LogP contribution >= 0.6 is 0 Å². The molecular weight excluding hydrogens is 429 g/mol. The Bertz CT molecular complexity index is 1150. The minimum absolute atomic E-state index is 0.0107. The lowest BCUT2D eigenvalue weighted by Crippen LogP contribution is -2.60. The zero-order valence-corrected chi connectivity index (χ0v) is 16.5. The van der Waals surface area contributed by atoms with E-state index in [4.69, 9.17) is 5.73 Å². The van der Waals surface area contributed by atoms with Gasteiger partial charge in [-0.3, -0.25) is 19.2 Å². The fourth-order valence-electron chi connectivity index (χ4n) is 3.85. The van der Waals surface area contributed by atoms with Crippen LogP contribution in [0.3, 0.4) is 0 Å². The van der Waals surface area contributed by atoms with Crippen LogP contribution in [0.25, 0.3) is 11.1 Å². The van der Waals surface area contributed by atoms with Crippen molar-refractivity contribution in [2.24, 2.45) is 5.73 Å². The maximum atomic E-state index is 13.2. The van der Waals surface area contributed by atoms with Crippen molar-refractivity contribution in [3.63, 3.8) is 0 Å². The molecule has 2 heterocycles. The number of hydrogen-bond acceptors (Lipinski definition) is 4. The van der Waals surface area contributed by atoms with Gasteiger partial charge in [-0.2, -0.15) is 13.2 Å². The van der Waals surface area contributed by atoms with Crippen molar-refractivity contribution in [1.82, 2.24) is 9.80 Å². The minimum Gasteiger partial charge on any atom is -0.361 e. The molecule has 0 radical (unpaired) electrons. The molecule has 8 nitrogen and oxygen atoms in total. The van der Waals surface area contributed by atoms with Crippen molar-refractivity contribution >= 4 is 29.3 Å². The molecule has 3 N–H and O–H groups in total. The van der Waals surface area contributed by atoms with E-state index in [0.717, 1.165) is 17.0 Å². The first-order valence-electron chi connectivity index (χ1n) is 9.58. The van der Waals surface area contributed by atoms with E-state index in [1.807, 2.05) is 0 Å². The van der Waals surface area contributed by atoms with Gasteiger partial charge in [0.2, 0.25) is 5.91 Å². The van der Waals surface area contributed by atoms with E-state index < -0.39 is 41.4 Å². The Balaban J connectivity index is 1.68. The van der Waals surface area contributed by atoms with E-state index in [1.54, 1.807) is 0 Å². The minimum atomic E-state index is -4.51. The normalized spacial score (nSPS) is 18.4. The van der Waals surface area contributed by atoms with Gasteiger partial charge in [0, 0.05) is 13.1 Å². The molecule has 1 fully saturated rings. The number of carbonyl (C=O) groups excluding carboxylic acids is 4. The topological polar surface area (TPSA) is 113 Å². The maximum Gasteiger partial charge on any atom is 0.416 e. The van der Waals surface area contributed by atoms with E-state index in [9.17, 15) is 32.3 Å². The molecular formula is C21H17F3N4O4. The molecule has 32 heavy (non-hydrogen) atoms. The van der Waals surface area contributed by atoms with Crippen LogP contribution < -0.4 is 11.1 Å². The van der Waals surface area contributed by atoms with Crippen molar-refractivity contribution in [2.45, 2.75) is 12.2 Å². The fraction of sp³-hybridized carbons (Fsp3) is 0.238. The summed E-state index contributed by atoms with van der Waals surface area (Å²) in [6, 6.07) is 8.06. The van der Waals surface area contributed by atoms with Crippen LogP contribution in [0.5, 0.6) is 0 Å². The molecule has 2 aliphatic rings. The fourth-order valence-corrected chi connectivity index (χ4v) is 3.85. The molecule has 11 heteroatoms. The molecule has 0 aliphatic carbocycles. The van der Waals surface area contributed by atoms with Gasteiger partial charge < -0.3 is 20.9 Å². The third-order valence-corrected chi connectivity index (χ3v) is 5.47. The van der Waals surface area contributed by atoms with Gasteiger partial charge in [0.1, 0.15) is 6.04 Å². The van der Waals surface area contributed by atoms with Crippen LogP contribution in [0.4, 0.5) is 18.9 Å². The Morgan fingerprint density at radius 3 is 2.44 bits per heavy atom. The largest absolute Gasteiger partial charge is 0.416 e. The van der Waals surface area contributed by atoms with Gasteiger partial charge in [-0.05, 0) is 35.4 Å². The molecule has 2 aliphatic heterocycles. The van der Waals surface area contributed by atoms with Crippen molar-refractivity contribution < 1.29 is 32.3 Å². The summed E-state index contributed by atoms with van der Waals surface area (Å²) in [5.41, 5.74) is 5.16. The zero-order valence-electron chi connectivity index (χ0n) is 16.5. The average molecular weight is 446 g/mol. The second-order valence-corrected chi connectivity index (χ2v) is 7.46. The summed E-state index contributed by atoms with van der Waals surface area (Å²) >= 11 is 0. The zero-order chi connectivity index (χ0) is 23.2. The molecule has 0 spiro atoms. The van der Waals surface area contributed by atoms with Crippen LogP contribution in [0.15, 0.2) is 42.5 Å². The van der Waals surface area contributed by atoms with Gasteiger partial charge in [-0.15, -0.1) is 0 Å². The summed E-state index contributed by atoms with van der Waals surface area (Å²) in [7, 11) is 0. The van der Waals surface area contributed by atoms with E-state index in [-0.39, 0.29) is 36.4 Å². The molecule has 1 saturated heterocycles. The highest BCUT2D eigenvalue weighted by molar-refractivity contribution is 6.34. The summed E-state index contributed by atoms with van der Waals surface area (Å²) in [6.07, 6.45) is -4.51. The molecule has 4 rings (SSSR count). The number of rotatable bonds is 1.